The molecule has 4 rings (SSSR count). The highest BCUT2D eigenvalue weighted by molar-refractivity contribution is 6.21. The van der Waals surface area contributed by atoms with Crippen molar-refractivity contribution in [1.29, 1.82) is 0 Å². The molecule has 1 saturated heterocycles. The van der Waals surface area contributed by atoms with E-state index in [1.54, 1.807) is 12.1 Å². The van der Waals surface area contributed by atoms with E-state index in [0.717, 1.165) is 29.5 Å². The number of unbranched alkanes of at least 4 members (excludes halogenated alkanes) is 1. The lowest BCUT2D eigenvalue weighted by molar-refractivity contribution is -0.122. The van der Waals surface area contributed by atoms with Crippen LogP contribution in [0.1, 0.15) is 43.9 Å². The minimum Gasteiger partial charge on any atom is -0.274 e. The molecular formula is C25H25N3O3. The second kappa shape index (κ2) is 9.08. The van der Waals surface area contributed by atoms with Crippen molar-refractivity contribution in [2.24, 2.45) is 5.92 Å². The fourth-order valence-electron chi connectivity index (χ4n) is 4.00. The summed E-state index contributed by atoms with van der Waals surface area (Å²) < 4.78 is 0. The lowest BCUT2D eigenvalue weighted by Crippen LogP contribution is -2.30. The number of nitrogens with zero attached hydrogens (tertiary/aromatic N) is 2. The summed E-state index contributed by atoms with van der Waals surface area (Å²) in [7, 11) is 0. The van der Waals surface area contributed by atoms with Crippen LogP contribution in [0.5, 0.6) is 0 Å². The Morgan fingerprint density at radius 3 is 2.68 bits per heavy atom. The third-order valence-corrected chi connectivity index (χ3v) is 5.60. The molecule has 1 atom stereocenters. The standard InChI is InChI=1S/C25H25N3O3/c1-2-3-4-5-10-18-16-23(29)28(25(18)31)19-11-8-9-17(14-19)15-22-20-12-6-7-13-21(20)24(30)27-26-22/h4-9,11-14,18H,2-3,10,15-16H2,1H3,(H,27,30)/b5-4+. The number of fused-ring (bicyclic) bond motifs is 1. The number of imide groups is 1. The number of aromatic amines is 1. The van der Waals surface area contributed by atoms with Gasteiger partial charge in [-0.25, -0.2) is 5.10 Å². The van der Waals surface area contributed by atoms with E-state index in [4.69, 9.17) is 0 Å². The third kappa shape index (κ3) is 4.33. The summed E-state index contributed by atoms with van der Waals surface area (Å²) in [6, 6.07) is 14.8. The molecule has 2 aromatic carbocycles. The van der Waals surface area contributed by atoms with Gasteiger partial charge in [0.2, 0.25) is 11.8 Å². The normalized spacial score (nSPS) is 16.7. The molecule has 158 valence electrons. The van der Waals surface area contributed by atoms with Crippen molar-refractivity contribution in [2.45, 2.75) is 39.0 Å². The summed E-state index contributed by atoms with van der Waals surface area (Å²) in [4.78, 5) is 38.8. The van der Waals surface area contributed by atoms with E-state index in [1.165, 1.54) is 4.90 Å². The molecule has 1 aliphatic heterocycles. The number of aromatic nitrogens is 2. The predicted octanol–water partition coefficient (Wildman–Crippen LogP) is 4.14. The van der Waals surface area contributed by atoms with Crippen LogP contribution < -0.4 is 10.5 Å². The van der Waals surface area contributed by atoms with Gasteiger partial charge in [0.1, 0.15) is 0 Å². The van der Waals surface area contributed by atoms with Crippen LogP contribution in [0.4, 0.5) is 5.69 Å². The van der Waals surface area contributed by atoms with Crippen molar-refractivity contribution in [3.8, 4) is 0 Å². The van der Waals surface area contributed by atoms with Crippen molar-refractivity contribution < 1.29 is 9.59 Å². The lowest BCUT2D eigenvalue weighted by atomic mass is 10.0. The third-order valence-electron chi connectivity index (χ3n) is 5.60. The molecule has 0 radical (unpaired) electrons. The smallest absolute Gasteiger partial charge is 0.272 e. The molecule has 0 bridgehead atoms. The van der Waals surface area contributed by atoms with Gasteiger partial charge in [-0.3, -0.25) is 19.3 Å². The van der Waals surface area contributed by atoms with Crippen LogP contribution in [-0.4, -0.2) is 22.0 Å². The Labute approximate surface area is 180 Å². The number of allylic oxidation sites excluding steroid dienone is 2. The van der Waals surface area contributed by atoms with Crippen molar-refractivity contribution in [2.75, 3.05) is 4.90 Å². The molecule has 1 aliphatic rings. The van der Waals surface area contributed by atoms with Crippen LogP contribution in [-0.2, 0) is 16.0 Å². The number of H-pyrrole nitrogens is 1. The van der Waals surface area contributed by atoms with E-state index in [1.807, 2.05) is 42.5 Å². The summed E-state index contributed by atoms with van der Waals surface area (Å²) in [6.07, 6.45) is 7.43. The Morgan fingerprint density at radius 1 is 1.06 bits per heavy atom. The molecule has 1 unspecified atom stereocenters. The quantitative estimate of drug-likeness (QED) is 0.464. The van der Waals surface area contributed by atoms with Gasteiger partial charge in [0.05, 0.1) is 22.7 Å². The van der Waals surface area contributed by atoms with Crippen LogP contribution in [0, 0.1) is 5.92 Å². The van der Waals surface area contributed by atoms with E-state index < -0.39 is 0 Å². The maximum absolute atomic E-state index is 12.9. The topological polar surface area (TPSA) is 83.1 Å². The molecule has 6 nitrogen and oxygen atoms in total. The fraction of sp³-hybridized carbons (Fsp3) is 0.280. The van der Waals surface area contributed by atoms with Gasteiger partial charge in [0.25, 0.3) is 5.56 Å². The lowest BCUT2D eigenvalue weighted by Gasteiger charge is -2.16. The zero-order valence-electron chi connectivity index (χ0n) is 17.5. The average molecular weight is 415 g/mol. The van der Waals surface area contributed by atoms with Gasteiger partial charge < -0.3 is 0 Å². The van der Waals surface area contributed by atoms with Gasteiger partial charge in [0, 0.05) is 18.2 Å². The molecule has 2 amide bonds. The highest BCUT2D eigenvalue weighted by Crippen LogP contribution is 2.30. The number of carbonyl (C=O) groups excluding carboxylic acids is 2. The SMILES string of the molecule is CCC/C=C/CC1CC(=O)N(c2cccc(Cc3n[nH]c(=O)c4ccccc34)c2)C1=O. The van der Waals surface area contributed by atoms with E-state index >= 15 is 0 Å². The summed E-state index contributed by atoms with van der Waals surface area (Å²) >= 11 is 0. The van der Waals surface area contributed by atoms with Crippen LogP contribution in [0.25, 0.3) is 10.8 Å². The number of hydrogen-bond donors (Lipinski definition) is 1. The number of carbonyl (C=O) groups is 2. The summed E-state index contributed by atoms with van der Waals surface area (Å²) in [5.74, 6) is -0.603. The highest BCUT2D eigenvalue weighted by Gasteiger charge is 2.38. The first kappa shape index (κ1) is 20.7. The summed E-state index contributed by atoms with van der Waals surface area (Å²) in [5.41, 5.74) is 2.01. The Balaban J connectivity index is 1.57. The van der Waals surface area contributed by atoms with E-state index in [0.29, 0.717) is 23.9 Å². The number of amides is 2. The second-order valence-electron chi connectivity index (χ2n) is 7.86. The second-order valence-corrected chi connectivity index (χ2v) is 7.86. The number of rotatable bonds is 7. The Bertz CT molecular complexity index is 1210. The molecule has 1 aromatic heterocycles. The van der Waals surface area contributed by atoms with Gasteiger partial charge in [-0.15, -0.1) is 0 Å². The van der Waals surface area contributed by atoms with Crippen molar-refractivity contribution >= 4 is 28.3 Å². The largest absolute Gasteiger partial charge is 0.274 e. The monoisotopic (exact) mass is 415 g/mol. The highest BCUT2D eigenvalue weighted by atomic mass is 16.2. The molecule has 1 fully saturated rings. The first-order valence-electron chi connectivity index (χ1n) is 10.7. The van der Waals surface area contributed by atoms with Crippen LogP contribution >= 0.6 is 0 Å². The minimum atomic E-state index is -0.297. The van der Waals surface area contributed by atoms with Crippen LogP contribution in [0.15, 0.2) is 65.5 Å². The van der Waals surface area contributed by atoms with Crippen molar-refractivity contribution in [3.63, 3.8) is 0 Å². The molecule has 6 heteroatoms. The zero-order valence-corrected chi connectivity index (χ0v) is 17.5. The maximum Gasteiger partial charge on any atom is 0.272 e. The average Bonchev–Trinajstić information content (AvgIpc) is 3.06. The van der Waals surface area contributed by atoms with Gasteiger partial charge in [-0.2, -0.15) is 5.10 Å². The van der Waals surface area contributed by atoms with Gasteiger partial charge in [-0.1, -0.05) is 55.8 Å². The molecule has 1 N–H and O–H groups in total. The van der Waals surface area contributed by atoms with E-state index in [2.05, 4.69) is 23.2 Å². The molecule has 0 saturated carbocycles. The Kier molecular flexibility index (Phi) is 6.07. The number of nitrogens with one attached hydrogen (secondary N) is 1. The summed E-state index contributed by atoms with van der Waals surface area (Å²) in [6.45, 7) is 2.11. The van der Waals surface area contributed by atoms with E-state index in [9.17, 15) is 14.4 Å². The minimum absolute atomic E-state index is 0.143. The molecule has 0 aliphatic carbocycles. The van der Waals surface area contributed by atoms with E-state index in [-0.39, 0.29) is 29.7 Å². The number of hydrogen-bond acceptors (Lipinski definition) is 4. The fourth-order valence-corrected chi connectivity index (χ4v) is 4.00. The van der Waals surface area contributed by atoms with Crippen LogP contribution in [0.3, 0.4) is 0 Å². The van der Waals surface area contributed by atoms with Crippen molar-refractivity contribution in [3.05, 3.63) is 82.3 Å². The molecular weight excluding hydrogens is 390 g/mol. The molecule has 2 heterocycles. The number of anilines is 1. The summed E-state index contributed by atoms with van der Waals surface area (Å²) in [5, 5.41) is 8.16. The van der Waals surface area contributed by atoms with Gasteiger partial charge in [0.15, 0.2) is 0 Å². The Hall–Kier alpha value is -3.54. The maximum atomic E-state index is 12.9. The molecule has 31 heavy (non-hydrogen) atoms. The Morgan fingerprint density at radius 2 is 1.87 bits per heavy atom. The molecule has 3 aromatic rings. The van der Waals surface area contributed by atoms with Crippen molar-refractivity contribution in [1.82, 2.24) is 10.2 Å². The van der Waals surface area contributed by atoms with Crippen LogP contribution in [0.2, 0.25) is 0 Å². The number of benzene rings is 2. The first-order chi connectivity index (χ1) is 15.1. The predicted molar refractivity (Wildman–Crippen MR) is 121 cm³/mol. The molecule has 0 spiro atoms. The zero-order chi connectivity index (χ0) is 21.8. The van der Waals surface area contributed by atoms with Gasteiger partial charge in [-0.05, 0) is 36.6 Å². The van der Waals surface area contributed by atoms with Gasteiger partial charge >= 0.3 is 0 Å². The first-order valence-corrected chi connectivity index (χ1v) is 10.7.